The molecule has 0 radical (unpaired) electrons. The van der Waals surface area contributed by atoms with E-state index in [2.05, 4.69) is 15.9 Å². The first-order valence-electron chi connectivity index (χ1n) is 5.14. The number of carbonyl (C=O) groups is 1. The summed E-state index contributed by atoms with van der Waals surface area (Å²) in [4.78, 5) is 12.2. The van der Waals surface area contributed by atoms with Crippen LogP contribution in [-0.4, -0.2) is 5.78 Å². The largest absolute Gasteiger partial charge is 0.289 e. The normalized spacial score (nSPS) is 10.3. The van der Waals surface area contributed by atoms with Crippen molar-refractivity contribution in [3.63, 3.8) is 0 Å². The molecular weight excluding hydrogens is 300 g/mol. The Kier molecular flexibility index (Phi) is 3.65. The monoisotopic (exact) mass is 308 g/mol. The maximum atomic E-state index is 12.2. The Hall–Kier alpha value is -1.12. The summed E-state index contributed by atoms with van der Waals surface area (Å²) in [5.74, 6) is -0.0202. The van der Waals surface area contributed by atoms with E-state index in [9.17, 15) is 4.79 Å². The van der Waals surface area contributed by atoms with Crippen molar-refractivity contribution in [2.45, 2.75) is 6.92 Å². The summed E-state index contributed by atoms with van der Waals surface area (Å²) >= 11 is 9.37. The Labute approximate surface area is 114 Å². The van der Waals surface area contributed by atoms with Crippen molar-refractivity contribution in [1.29, 1.82) is 0 Å². The van der Waals surface area contributed by atoms with E-state index in [1.165, 1.54) is 0 Å². The quantitative estimate of drug-likeness (QED) is 0.738. The van der Waals surface area contributed by atoms with Crippen LogP contribution in [0, 0.1) is 6.92 Å². The smallest absolute Gasteiger partial charge is 0.193 e. The van der Waals surface area contributed by atoms with Crippen LogP contribution in [-0.2, 0) is 0 Å². The van der Waals surface area contributed by atoms with Gasteiger partial charge in [0, 0.05) is 20.6 Å². The van der Waals surface area contributed by atoms with Crippen LogP contribution in [0.5, 0.6) is 0 Å². The minimum atomic E-state index is -0.0202. The zero-order chi connectivity index (χ0) is 12.4. The van der Waals surface area contributed by atoms with Gasteiger partial charge in [-0.1, -0.05) is 51.8 Å². The van der Waals surface area contributed by atoms with Crippen molar-refractivity contribution < 1.29 is 4.79 Å². The van der Waals surface area contributed by atoms with Gasteiger partial charge in [-0.05, 0) is 30.7 Å². The number of benzene rings is 2. The van der Waals surface area contributed by atoms with Crippen LogP contribution in [0.4, 0.5) is 0 Å². The Balaban J connectivity index is 2.40. The molecule has 0 spiro atoms. The first-order chi connectivity index (χ1) is 8.08. The Morgan fingerprint density at radius 1 is 1.12 bits per heavy atom. The summed E-state index contributed by atoms with van der Waals surface area (Å²) < 4.78 is 0.890. The molecule has 0 aromatic heterocycles. The molecule has 0 saturated carbocycles. The van der Waals surface area contributed by atoms with Crippen molar-refractivity contribution in [2.75, 3.05) is 0 Å². The highest BCUT2D eigenvalue weighted by Crippen LogP contribution is 2.20. The van der Waals surface area contributed by atoms with Crippen LogP contribution in [0.1, 0.15) is 21.5 Å². The number of rotatable bonds is 2. The van der Waals surface area contributed by atoms with Gasteiger partial charge in [-0.25, -0.2) is 0 Å². The van der Waals surface area contributed by atoms with E-state index >= 15 is 0 Å². The molecule has 2 aromatic rings. The predicted molar refractivity (Wildman–Crippen MR) is 73.8 cm³/mol. The lowest BCUT2D eigenvalue weighted by atomic mass is 10.0. The second-order valence-corrected chi connectivity index (χ2v) is 5.13. The molecule has 0 unspecified atom stereocenters. The molecule has 86 valence electrons. The Morgan fingerprint density at radius 3 is 2.47 bits per heavy atom. The zero-order valence-corrected chi connectivity index (χ0v) is 11.5. The van der Waals surface area contributed by atoms with Gasteiger partial charge in [0.05, 0.1) is 0 Å². The molecule has 1 nitrogen and oxygen atoms in total. The fourth-order valence-corrected chi connectivity index (χ4v) is 2.11. The third-order valence-electron chi connectivity index (χ3n) is 2.52. The Bertz CT molecular complexity index is 578. The second kappa shape index (κ2) is 5.03. The standard InChI is InChI=1S/C14H10BrClO/c1-9-5-6-11(8-13(9)16)14(17)10-3-2-4-12(15)7-10/h2-8H,1H3. The van der Waals surface area contributed by atoms with Crippen LogP contribution in [0.15, 0.2) is 46.9 Å². The minimum Gasteiger partial charge on any atom is -0.289 e. The molecule has 0 aliphatic carbocycles. The third-order valence-corrected chi connectivity index (χ3v) is 3.42. The van der Waals surface area contributed by atoms with E-state index in [0.717, 1.165) is 10.0 Å². The van der Waals surface area contributed by atoms with Gasteiger partial charge in [-0.2, -0.15) is 0 Å². The van der Waals surface area contributed by atoms with Crippen molar-refractivity contribution in [3.05, 3.63) is 68.7 Å². The highest BCUT2D eigenvalue weighted by atomic mass is 79.9. The highest BCUT2D eigenvalue weighted by Gasteiger charge is 2.10. The summed E-state index contributed by atoms with van der Waals surface area (Å²) in [6.07, 6.45) is 0. The van der Waals surface area contributed by atoms with Gasteiger partial charge in [0.25, 0.3) is 0 Å². The van der Waals surface area contributed by atoms with Crippen molar-refractivity contribution in [1.82, 2.24) is 0 Å². The van der Waals surface area contributed by atoms with Gasteiger partial charge in [-0.3, -0.25) is 4.79 Å². The molecule has 0 N–H and O–H groups in total. The van der Waals surface area contributed by atoms with E-state index in [1.54, 1.807) is 24.3 Å². The average Bonchev–Trinajstić information content (AvgIpc) is 2.32. The van der Waals surface area contributed by atoms with Gasteiger partial charge >= 0.3 is 0 Å². The number of aryl methyl sites for hydroxylation is 1. The van der Waals surface area contributed by atoms with Gasteiger partial charge in [0.15, 0.2) is 5.78 Å². The van der Waals surface area contributed by atoms with Crippen molar-refractivity contribution >= 4 is 33.3 Å². The molecular formula is C14H10BrClO. The molecule has 17 heavy (non-hydrogen) atoms. The molecule has 0 amide bonds. The molecule has 0 bridgehead atoms. The van der Waals surface area contributed by atoms with E-state index in [-0.39, 0.29) is 5.78 Å². The summed E-state index contributed by atoms with van der Waals surface area (Å²) in [7, 11) is 0. The molecule has 0 aliphatic rings. The zero-order valence-electron chi connectivity index (χ0n) is 9.21. The number of carbonyl (C=O) groups excluding carboxylic acids is 1. The molecule has 2 aromatic carbocycles. The first kappa shape index (κ1) is 12.3. The lowest BCUT2D eigenvalue weighted by Gasteiger charge is -2.04. The lowest BCUT2D eigenvalue weighted by molar-refractivity contribution is 0.103. The maximum absolute atomic E-state index is 12.2. The van der Waals surface area contributed by atoms with Crippen LogP contribution < -0.4 is 0 Å². The topological polar surface area (TPSA) is 17.1 Å². The van der Waals surface area contributed by atoms with E-state index < -0.39 is 0 Å². The molecule has 0 atom stereocenters. The first-order valence-corrected chi connectivity index (χ1v) is 6.31. The molecule has 0 saturated heterocycles. The van der Waals surface area contributed by atoms with Crippen molar-refractivity contribution in [2.24, 2.45) is 0 Å². The summed E-state index contributed by atoms with van der Waals surface area (Å²) in [5.41, 5.74) is 2.23. The average molecular weight is 310 g/mol. The SMILES string of the molecule is Cc1ccc(C(=O)c2cccc(Br)c2)cc1Cl. The van der Waals surface area contributed by atoms with E-state index in [4.69, 9.17) is 11.6 Å². The highest BCUT2D eigenvalue weighted by molar-refractivity contribution is 9.10. The molecule has 0 heterocycles. The van der Waals surface area contributed by atoms with E-state index in [0.29, 0.717) is 16.1 Å². The number of hydrogen-bond acceptors (Lipinski definition) is 1. The lowest BCUT2D eigenvalue weighted by Crippen LogP contribution is -2.01. The fourth-order valence-electron chi connectivity index (χ4n) is 1.53. The molecule has 0 fully saturated rings. The predicted octanol–water partition coefficient (Wildman–Crippen LogP) is 4.64. The maximum Gasteiger partial charge on any atom is 0.193 e. The number of hydrogen-bond donors (Lipinski definition) is 0. The fraction of sp³-hybridized carbons (Fsp3) is 0.0714. The molecule has 3 heteroatoms. The molecule has 0 aliphatic heterocycles. The summed E-state index contributed by atoms with van der Waals surface area (Å²) in [6.45, 7) is 1.91. The van der Waals surface area contributed by atoms with Crippen LogP contribution in [0.3, 0.4) is 0 Å². The number of halogens is 2. The second-order valence-electron chi connectivity index (χ2n) is 3.80. The van der Waals surface area contributed by atoms with Crippen LogP contribution >= 0.6 is 27.5 Å². The van der Waals surface area contributed by atoms with Gasteiger partial charge in [0.2, 0.25) is 0 Å². The van der Waals surface area contributed by atoms with Gasteiger partial charge in [-0.15, -0.1) is 0 Å². The summed E-state index contributed by atoms with van der Waals surface area (Å²) in [5, 5.41) is 0.617. The Morgan fingerprint density at radius 2 is 1.82 bits per heavy atom. The van der Waals surface area contributed by atoms with E-state index in [1.807, 2.05) is 25.1 Å². The van der Waals surface area contributed by atoms with Crippen molar-refractivity contribution in [3.8, 4) is 0 Å². The van der Waals surface area contributed by atoms with Crippen LogP contribution in [0.2, 0.25) is 5.02 Å². The van der Waals surface area contributed by atoms with Crippen LogP contribution in [0.25, 0.3) is 0 Å². The third kappa shape index (κ3) is 2.76. The van der Waals surface area contributed by atoms with Gasteiger partial charge < -0.3 is 0 Å². The number of ketones is 1. The minimum absolute atomic E-state index is 0.0202. The molecule has 2 rings (SSSR count). The summed E-state index contributed by atoms with van der Waals surface area (Å²) in [6, 6.07) is 12.7. The van der Waals surface area contributed by atoms with Gasteiger partial charge in [0.1, 0.15) is 0 Å².